The number of ether oxygens (including phenoxy) is 1. The number of aromatic nitrogens is 1. The number of hydrogen-bond acceptors (Lipinski definition) is 6. The van der Waals surface area contributed by atoms with Crippen molar-refractivity contribution in [2.75, 3.05) is 7.11 Å². The number of aromatic hydroxyl groups is 1. The molecule has 194 valence electrons. The van der Waals surface area contributed by atoms with E-state index in [1.165, 1.54) is 37.4 Å². The fourth-order valence-corrected chi connectivity index (χ4v) is 4.10. The van der Waals surface area contributed by atoms with Crippen LogP contribution >= 0.6 is 0 Å². The van der Waals surface area contributed by atoms with Gasteiger partial charge >= 0.3 is 11.9 Å². The van der Waals surface area contributed by atoms with Crippen LogP contribution in [0.3, 0.4) is 0 Å². The van der Waals surface area contributed by atoms with Gasteiger partial charge in [-0.05, 0) is 72.0 Å². The number of benzene rings is 3. The Morgan fingerprint density at radius 1 is 0.921 bits per heavy atom. The van der Waals surface area contributed by atoms with E-state index < -0.39 is 23.9 Å². The number of phenolic OH excluding ortho intramolecular Hbond substituents is 1. The summed E-state index contributed by atoms with van der Waals surface area (Å²) in [4.78, 5) is 41.8. The van der Waals surface area contributed by atoms with Crippen molar-refractivity contribution >= 4 is 28.7 Å². The number of carboxylic acids is 1. The van der Waals surface area contributed by atoms with Crippen molar-refractivity contribution in [1.29, 1.82) is 0 Å². The van der Waals surface area contributed by atoms with Crippen LogP contribution in [0.15, 0.2) is 72.8 Å². The van der Waals surface area contributed by atoms with Gasteiger partial charge in [0.1, 0.15) is 23.3 Å². The summed E-state index contributed by atoms with van der Waals surface area (Å²) in [6.07, 6.45) is 1.33. The molecule has 4 rings (SSSR count). The fraction of sp³-hybridized carbons (Fsp3) is 0.172. The lowest BCUT2D eigenvalue weighted by Crippen LogP contribution is -2.43. The van der Waals surface area contributed by atoms with E-state index in [1.54, 1.807) is 42.5 Å². The number of hydrogen-bond donors (Lipinski definition) is 3. The molecular formula is C29H25FN2O6. The number of nitrogens with zero attached hydrogens (tertiary/aromatic N) is 1. The number of rotatable bonds is 9. The summed E-state index contributed by atoms with van der Waals surface area (Å²) in [7, 11) is 1.20. The average molecular weight is 517 g/mol. The van der Waals surface area contributed by atoms with Gasteiger partial charge in [0.25, 0.3) is 5.91 Å². The second-order valence-corrected chi connectivity index (χ2v) is 8.76. The number of carbonyl (C=O) groups is 3. The van der Waals surface area contributed by atoms with Gasteiger partial charge in [-0.25, -0.2) is 19.0 Å². The molecule has 3 aromatic carbocycles. The lowest BCUT2D eigenvalue weighted by Gasteiger charge is -2.17. The lowest BCUT2D eigenvalue weighted by molar-refractivity contribution is -0.142. The maximum absolute atomic E-state index is 13.2. The highest BCUT2D eigenvalue weighted by Crippen LogP contribution is 2.22. The first-order chi connectivity index (χ1) is 18.2. The van der Waals surface area contributed by atoms with Crippen molar-refractivity contribution in [2.24, 2.45) is 0 Å². The first-order valence-corrected chi connectivity index (χ1v) is 11.8. The molecule has 1 heterocycles. The molecule has 0 aliphatic carbocycles. The van der Waals surface area contributed by atoms with E-state index in [0.717, 1.165) is 11.1 Å². The van der Waals surface area contributed by atoms with Gasteiger partial charge < -0.3 is 20.3 Å². The molecule has 0 radical (unpaired) electrons. The third-order valence-corrected chi connectivity index (χ3v) is 6.12. The molecule has 8 nitrogen and oxygen atoms in total. The molecule has 4 aromatic rings. The van der Waals surface area contributed by atoms with Crippen molar-refractivity contribution in [3.63, 3.8) is 0 Å². The summed E-state index contributed by atoms with van der Waals surface area (Å²) in [5, 5.41) is 22.3. The predicted octanol–water partition coefficient (Wildman–Crippen LogP) is 4.08. The van der Waals surface area contributed by atoms with E-state index in [4.69, 9.17) is 4.74 Å². The molecule has 1 atom stereocenters. The standard InChI is InChI=1S/C29H25FN2O6/c1-38-29(37)26(15-19-6-11-21(33)12-7-19)32-27(34)25-16-23(28(35)36)22-14-18(8-13-24(22)31-25)3-2-17-4-9-20(30)10-5-17/h4-14,16,26,33H,2-3,15H2,1H3,(H,32,34)(H,35,36)/t26-/m0/s1. The number of fused-ring (bicyclic) bond motifs is 1. The number of amides is 1. The van der Waals surface area contributed by atoms with Gasteiger partial charge in [0.15, 0.2) is 0 Å². The topological polar surface area (TPSA) is 126 Å². The number of aryl methyl sites for hydroxylation is 2. The molecule has 9 heteroatoms. The van der Waals surface area contributed by atoms with Crippen LogP contribution in [0.5, 0.6) is 5.75 Å². The zero-order valence-corrected chi connectivity index (χ0v) is 20.5. The Kier molecular flexibility index (Phi) is 7.96. The Morgan fingerprint density at radius 2 is 1.55 bits per heavy atom. The lowest BCUT2D eigenvalue weighted by atomic mass is 10.00. The van der Waals surface area contributed by atoms with Crippen molar-refractivity contribution < 1.29 is 33.7 Å². The van der Waals surface area contributed by atoms with Gasteiger partial charge in [0.05, 0.1) is 18.2 Å². The first kappa shape index (κ1) is 26.3. The first-order valence-electron chi connectivity index (χ1n) is 11.8. The van der Waals surface area contributed by atoms with Crippen LogP contribution in [0.4, 0.5) is 4.39 Å². The van der Waals surface area contributed by atoms with Crippen LogP contribution in [0.2, 0.25) is 0 Å². The summed E-state index contributed by atoms with van der Waals surface area (Å²) in [6.45, 7) is 0. The number of aromatic carboxylic acids is 1. The molecule has 0 spiro atoms. The molecule has 0 saturated heterocycles. The van der Waals surface area contributed by atoms with Crippen molar-refractivity contribution in [3.8, 4) is 5.75 Å². The number of esters is 1. The maximum Gasteiger partial charge on any atom is 0.336 e. The van der Waals surface area contributed by atoms with Gasteiger partial charge in [-0.3, -0.25) is 4.79 Å². The van der Waals surface area contributed by atoms with Crippen molar-refractivity contribution in [1.82, 2.24) is 10.3 Å². The van der Waals surface area contributed by atoms with Gasteiger partial charge in [-0.1, -0.05) is 30.3 Å². The Hall–Kier alpha value is -4.79. The SMILES string of the molecule is COC(=O)[C@H](Cc1ccc(O)cc1)NC(=O)c1cc(C(=O)O)c2cc(CCc3ccc(F)cc3)ccc2n1. The molecule has 1 aromatic heterocycles. The van der Waals surface area contributed by atoms with E-state index in [0.29, 0.717) is 29.3 Å². The second-order valence-electron chi connectivity index (χ2n) is 8.76. The number of halogens is 1. The van der Waals surface area contributed by atoms with Crippen molar-refractivity contribution in [3.05, 3.63) is 107 Å². The smallest absolute Gasteiger partial charge is 0.336 e. The monoisotopic (exact) mass is 516 g/mol. The number of phenols is 1. The molecule has 0 aliphatic heterocycles. The highest BCUT2D eigenvalue weighted by Gasteiger charge is 2.24. The molecule has 0 unspecified atom stereocenters. The zero-order chi connectivity index (χ0) is 27.2. The predicted molar refractivity (Wildman–Crippen MR) is 138 cm³/mol. The van der Waals surface area contributed by atoms with E-state index >= 15 is 0 Å². The molecule has 0 fully saturated rings. The second kappa shape index (κ2) is 11.5. The molecule has 1 amide bonds. The van der Waals surface area contributed by atoms with Crippen LogP contribution in [-0.2, 0) is 28.8 Å². The minimum absolute atomic E-state index is 0.0626. The normalized spacial score (nSPS) is 11.6. The van der Waals surface area contributed by atoms with Gasteiger partial charge in [0.2, 0.25) is 0 Å². The summed E-state index contributed by atoms with van der Waals surface area (Å²) in [6, 6.07) is 17.6. The van der Waals surface area contributed by atoms with Gasteiger partial charge in [-0.15, -0.1) is 0 Å². The quantitative estimate of drug-likeness (QED) is 0.286. The third-order valence-electron chi connectivity index (χ3n) is 6.12. The maximum atomic E-state index is 13.2. The summed E-state index contributed by atoms with van der Waals surface area (Å²) in [5.74, 6) is -2.89. The van der Waals surface area contributed by atoms with E-state index in [9.17, 15) is 29.0 Å². The molecule has 38 heavy (non-hydrogen) atoms. The largest absolute Gasteiger partial charge is 0.508 e. The zero-order valence-electron chi connectivity index (χ0n) is 20.5. The molecule has 0 aliphatic rings. The van der Waals surface area contributed by atoms with Crippen LogP contribution in [0.1, 0.15) is 37.5 Å². The fourth-order valence-electron chi connectivity index (χ4n) is 4.10. The summed E-state index contributed by atoms with van der Waals surface area (Å²) in [5.41, 5.74) is 2.54. The molecule has 0 saturated carbocycles. The average Bonchev–Trinajstić information content (AvgIpc) is 2.92. The van der Waals surface area contributed by atoms with Gasteiger partial charge in [0, 0.05) is 11.8 Å². The van der Waals surface area contributed by atoms with Crippen LogP contribution in [0, 0.1) is 5.82 Å². The van der Waals surface area contributed by atoms with E-state index in [1.807, 2.05) is 0 Å². The Morgan fingerprint density at radius 3 is 2.21 bits per heavy atom. The van der Waals surface area contributed by atoms with E-state index in [2.05, 4.69) is 10.3 Å². The molecule has 3 N–H and O–H groups in total. The minimum Gasteiger partial charge on any atom is -0.508 e. The Labute approximate surface area is 217 Å². The number of pyridine rings is 1. The minimum atomic E-state index is -1.23. The molecule has 0 bridgehead atoms. The van der Waals surface area contributed by atoms with Gasteiger partial charge in [-0.2, -0.15) is 0 Å². The van der Waals surface area contributed by atoms with Crippen LogP contribution in [0.25, 0.3) is 10.9 Å². The number of carboxylic acid groups (broad SMARTS) is 1. The van der Waals surface area contributed by atoms with Crippen LogP contribution < -0.4 is 5.32 Å². The summed E-state index contributed by atoms with van der Waals surface area (Å²) >= 11 is 0. The highest BCUT2D eigenvalue weighted by atomic mass is 19.1. The van der Waals surface area contributed by atoms with Crippen molar-refractivity contribution in [2.45, 2.75) is 25.3 Å². The summed E-state index contributed by atoms with van der Waals surface area (Å²) < 4.78 is 18.0. The number of nitrogens with one attached hydrogen (secondary N) is 1. The van der Waals surface area contributed by atoms with E-state index in [-0.39, 0.29) is 29.2 Å². The highest BCUT2D eigenvalue weighted by molar-refractivity contribution is 6.06. The Bertz CT molecular complexity index is 1490. The Balaban J connectivity index is 1.57. The number of methoxy groups -OCH3 is 1. The van der Waals surface area contributed by atoms with Crippen LogP contribution in [-0.4, -0.2) is 46.2 Å². The molecular weight excluding hydrogens is 491 g/mol. The number of carbonyl (C=O) groups excluding carboxylic acids is 2. The third kappa shape index (κ3) is 6.31.